The minimum Gasteiger partial charge on any atom is -0.453 e. The number of ether oxygens (including phenoxy) is 1. The van der Waals surface area contributed by atoms with Crippen LogP contribution in [0.3, 0.4) is 0 Å². The topological polar surface area (TPSA) is 89.6 Å². The zero-order chi connectivity index (χ0) is 19.1. The molecule has 0 radical (unpaired) electrons. The number of hydrogen-bond acceptors (Lipinski definition) is 5. The maximum Gasteiger partial charge on any atom is 0.409 e. The molecule has 9 heteroatoms. The first-order valence-corrected chi connectivity index (χ1v) is 8.99. The van der Waals surface area contributed by atoms with Gasteiger partial charge in [-0.25, -0.2) is 9.78 Å². The van der Waals surface area contributed by atoms with E-state index in [-0.39, 0.29) is 18.1 Å². The highest BCUT2D eigenvalue weighted by molar-refractivity contribution is 9.10. The Hall–Kier alpha value is -2.29. The lowest BCUT2D eigenvalue weighted by molar-refractivity contribution is 0.0915. The zero-order valence-corrected chi connectivity index (χ0v) is 16.7. The molecule has 0 bridgehead atoms. The minimum atomic E-state index is -0.415. The fourth-order valence-corrected chi connectivity index (χ4v) is 3.17. The van der Waals surface area contributed by atoms with Crippen molar-refractivity contribution in [3.8, 4) is 11.5 Å². The number of nitrogens with zero attached hydrogens (tertiary/aromatic N) is 3. The van der Waals surface area contributed by atoms with Crippen LogP contribution in [-0.2, 0) is 17.8 Å². The molecule has 0 saturated heterocycles. The van der Waals surface area contributed by atoms with Gasteiger partial charge in [-0.05, 0) is 48.8 Å². The third-order valence-corrected chi connectivity index (χ3v) is 4.34. The normalized spacial score (nSPS) is 14.1. The highest BCUT2D eigenvalue weighted by atomic mass is 79.9. The van der Waals surface area contributed by atoms with E-state index in [4.69, 9.17) is 9.15 Å². The molecule has 0 spiro atoms. The van der Waals surface area contributed by atoms with E-state index in [9.17, 15) is 9.59 Å². The van der Waals surface area contributed by atoms with E-state index in [2.05, 4.69) is 26.2 Å². The first-order valence-electron chi connectivity index (χ1n) is 8.20. The lowest BCUT2D eigenvalue weighted by atomic mass is 10.1. The lowest BCUT2D eigenvalue weighted by Gasteiger charge is -2.27. The van der Waals surface area contributed by atoms with Gasteiger partial charge in [0.2, 0.25) is 0 Å². The zero-order valence-electron chi connectivity index (χ0n) is 15.1. The molecule has 2 amide bonds. The van der Waals surface area contributed by atoms with E-state index < -0.39 is 11.6 Å². The molecule has 1 N–H and O–H groups in total. The molecule has 0 fully saturated rings. The Morgan fingerprint density at radius 1 is 1.31 bits per heavy atom. The third-order valence-electron chi connectivity index (χ3n) is 3.92. The van der Waals surface area contributed by atoms with Gasteiger partial charge < -0.3 is 19.0 Å². The van der Waals surface area contributed by atoms with Crippen molar-refractivity contribution in [1.82, 2.24) is 19.8 Å². The molecule has 3 rings (SSSR count). The van der Waals surface area contributed by atoms with Crippen LogP contribution in [0.1, 0.15) is 37.1 Å². The summed E-state index contributed by atoms with van der Waals surface area (Å²) in [5.74, 6) is 0.871. The summed E-state index contributed by atoms with van der Waals surface area (Å²) in [5.41, 5.74) is 0.487. The Kier molecular flexibility index (Phi) is 4.83. The van der Waals surface area contributed by atoms with E-state index in [0.29, 0.717) is 35.0 Å². The molecule has 2 aromatic rings. The Labute approximate surface area is 159 Å². The molecule has 0 aliphatic carbocycles. The van der Waals surface area contributed by atoms with Crippen LogP contribution >= 0.6 is 15.9 Å². The number of imidazole rings is 1. The summed E-state index contributed by atoms with van der Waals surface area (Å²) in [7, 11) is 1.34. The Balaban J connectivity index is 2.05. The van der Waals surface area contributed by atoms with Crippen LogP contribution in [-0.4, -0.2) is 45.6 Å². The van der Waals surface area contributed by atoms with Crippen molar-refractivity contribution in [2.75, 3.05) is 13.7 Å². The number of aromatic nitrogens is 2. The summed E-state index contributed by atoms with van der Waals surface area (Å²) in [6, 6.07) is 3.55. The van der Waals surface area contributed by atoms with Gasteiger partial charge in [0.15, 0.2) is 16.1 Å². The molecule has 2 aromatic heterocycles. The van der Waals surface area contributed by atoms with Crippen LogP contribution in [0.2, 0.25) is 0 Å². The van der Waals surface area contributed by atoms with Gasteiger partial charge in [-0.1, -0.05) is 0 Å². The monoisotopic (exact) mass is 424 g/mol. The van der Waals surface area contributed by atoms with Gasteiger partial charge in [-0.2, -0.15) is 0 Å². The summed E-state index contributed by atoms with van der Waals surface area (Å²) in [4.78, 5) is 30.7. The van der Waals surface area contributed by atoms with Gasteiger partial charge in [0.25, 0.3) is 5.91 Å². The van der Waals surface area contributed by atoms with E-state index in [0.717, 1.165) is 0 Å². The molecule has 0 saturated carbocycles. The summed E-state index contributed by atoms with van der Waals surface area (Å²) in [6.07, 6.45) is -0.415. The van der Waals surface area contributed by atoms with E-state index in [1.54, 1.807) is 17.0 Å². The second kappa shape index (κ2) is 6.79. The molecule has 1 aliphatic heterocycles. The first-order chi connectivity index (χ1) is 12.2. The van der Waals surface area contributed by atoms with Crippen molar-refractivity contribution in [1.29, 1.82) is 0 Å². The Morgan fingerprint density at radius 3 is 2.62 bits per heavy atom. The average molecular weight is 425 g/mol. The molecule has 0 aromatic carbocycles. The van der Waals surface area contributed by atoms with Crippen LogP contribution in [0.5, 0.6) is 0 Å². The van der Waals surface area contributed by atoms with Crippen molar-refractivity contribution in [3.63, 3.8) is 0 Å². The average Bonchev–Trinajstić information content (AvgIpc) is 3.14. The molecule has 3 heterocycles. The van der Waals surface area contributed by atoms with Crippen molar-refractivity contribution in [3.05, 3.63) is 28.3 Å². The fraction of sp³-hybridized carbons (Fsp3) is 0.471. The van der Waals surface area contributed by atoms with Crippen LogP contribution in [0.25, 0.3) is 11.5 Å². The third kappa shape index (κ3) is 3.62. The molecule has 26 heavy (non-hydrogen) atoms. The second-order valence-corrected chi connectivity index (χ2v) is 7.86. The van der Waals surface area contributed by atoms with Gasteiger partial charge in [0, 0.05) is 18.6 Å². The van der Waals surface area contributed by atoms with Crippen molar-refractivity contribution < 1.29 is 18.7 Å². The van der Waals surface area contributed by atoms with E-state index >= 15 is 0 Å². The predicted octanol–water partition coefficient (Wildman–Crippen LogP) is 3.02. The molecule has 0 unspecified atom stereocenters. The van der Waals surface area contributed by atoms with Crippen molar-refractivity contribution >= 4 is 27.9 Å². The lowest BCUT2D eigenvalue weighted by Crippen LogP contribution is -2.41. The molecule has 8 nitrogen and oxygen atoms in total. The highest BCUT2D eigenvalue weighted by Crippen LogP contribution is 2.31. The number of carbonyl (C=O) groups is 2. The van der Waals surface area contributed by atoms with Gasteiger partial charge >= 0.3 is 6.09 Å². The summed E-state index contributed by atoms with van der Waals surface area (Å²) in [5, 5.41) is 2.93. The quantitative estimate of drug-likeness (QED) is 0.799. The Bertz CT molecular complexity index is 850. The predicted molar refractivity (Wildman–Crippen MR) is 97.7 cm³/mol. The van der Waals surface area contributed by atoms with Crippen molar-refractivity contribution in [2.45, 2.75) is 39.4 Å². The van der Waals surface area contributed by atoms with Crippen LogP contribution < -0.4 is 5.32 Å². The molecule has 1 aliphatic rings. The Morgan fingerprint density at radius 2 is 2.04 bits per heavy atom. The number of rotatable bonds is 2. The second-order valence-electron chi connectivity index (χ2n) is 7.08. The van der Waals surface area contributed by atoms with Crippen LogP contribution in [0.4, 0.5) is 4.79 Å². The van der Waals surface area contributed by atoms with Crippen LogP contribution in [0.15, 0.2) is 21.2 Å². The number of fused-ring (bicyclic) bond motifs is 1. The molecular formula is C17H21BrN4O4. The maximum atomic E-state index is 12.8. The van der Waals surface area contributed by atoms with Gasteiger partial charge in [0.1, 0.15) is 11.5 Å². The number of methoxy groups -OCH3 is 1. The largest absolute Gasteiger partial charge is 0.453 e. The standard InChI is InChI=1S/C17H21BrN4O4/c1-17(2,3)20-15(23)13-14(10-5-6-11(18)26-10)22-8-7-21(16(24)25-4)9-12(22)19-13/h5-6H,7-9H2,1-4H3,(H,20,23). The van der Waals surface area contributed by atoms with E-state index in [1.165, 1.54) is 7.11 Å². The van der Waals surface area contributed by atoms with E-state index in [1.807, 2.05) is 25.3 Å². The number of furan rings is 1. The minimum absolute atomic E-state index is 0.268. The van der Waals surface area contributed by atoms with Gasteiger partial charge in [0.05, 0.1) is 13.7 Å². The first kappa shape index (κ1) is 18.5. The summed E-state index contributed by atoms with van der Waals surface area (Å²) < 4.78 is 13.0. The molecule has 140 valence electrons. The number of nitrogens with one attached hydrogen (secondary N) is 1. The molecular weight excluding hydrogens is 404 g/mol. The SMILES string of the molecule is COC(=O)N1CCn2c(nc(C(=O)NC(C)(C)C)c2-c2ccc(Br)o2)C1. The number of hydrogen-bond donors (Lipinski definition) is 1. The number of carbonyl (C=O) groups excluding carboxylic acids is 2. The maximum absolute atomic E-state index is 12.8. The highest BCUT2D eigenvalue weighted by Gasteiger charge is 2.31. The number of halogens is 1. The smallest absolute Gasteiger partial charge is 0.409 e. The van der Waals surface area contributed by atoms with Crippen molar-refractivity contribution in [2.24, 2.45) is 0 Å². The van der Waals surface area contributed by atoms with Crippen LogP contribution in [0, 0.1) is 0 Å². The molecule has 0 atom stereocenters. The van der Waals surface area contributed by atoms with Gasteiger partial charge in [-0.15, -0.1) is 0 Å². The summed E-state index contributed by atoms with van der Waals surface area (Å²) in [6.45, 7) is 6.94. The van der Waals surface area contributed by atoms with Gasteiger partial charge in [-0.3, -0.25) is 9.69 Å². The summed E-state index contributed by atoms with van der Waals surface area (Å²) >= 11 is 3.30. The fourth-order valence-electron chi connectivity index (χ4n) is 2.87. The number of amides is 2.